The van der Waals surface area contributed by atoms with Gasteiger partial charge in [-0.05, 0) is 31.9 Å². The third-order valence-electron chi connectivity index (χ3n) is 3.83. The van der Waals surface area contributed by atoms with Gasteiger partial charge in [0.2, 0.25) is 5.91 Å². The van der Waals surface area contributed by atoms with Crippen LogP contribution in [0.2, 0.25) is 0 Å². The number of pyridine rings is 1. The van der Waals surface area contributed by atoms with E-state index in [2.05, 4.69) is 9.71 Å². The first kappa shape index (κ1) is 15.2. The summed E-state index contributed by atoms with van der Waals surface area (Å²) in [6, 6.07) is 4.93. The largest absolute Gasteiger partial charge is 0.377 e. The minimum absolute atomic E-state index is 0.125. The highest BCUT2D eigenvalue weighted by atomic mass is 32.2. The molecule has 0 aromatic carbocycles. The monoisotopic (exact) mass is 325 g/mol. The van der Waals surface area contributed by atoms with Gasteiger partial charge in [0.1, 0.15) is 5.82 Å². The van der Waals surface area contributed by atoms with E-state index in [1.54, 1.807) is 12.1 Å². The molecule has 1 aromatic heterocycles. The molecule has 1 saturated carbocycles. The van der Waals surface area contributed by atoms with Gasteiger partial charge >= 0.3 is 0 Å². The van der Waals surface area contributed by atoms with Crippen molar-refractivity contribution in [1.29, 1.82) is 0 Å². The lowest BCUT2D eigenvalue weighted by Gasteiger charge is -2.34. The van der Waals surface area contributed by atoms with Crippen LogP contribution in [0, 0.1) is 5.92 Å². The highest BCUT2D eigenvalue weighted by molar-refractivity contribution is 7.90. The summed E-state index contributed by atoms with van der Waals surface area (Å²) < 4.78 is 32.0. The fourth-order valence-corrected chi connectivity index (χ4v) is 3.40. The number of hydrogen-bond acceptors (Lipinski definition) is 6. The Hall–Kier alpha value is -1.67. The van der Waals surface area contributed by atoms with Crippen LogP contribution >= 0.6 is 0 Å². The summed E-state index contributed by atoms with van der Waals surface area (Å²) in [5.41, 5.74) is 0. The number of nitrogens with one attached hydrogen (secondary N) is 1. The van der Waals surface area contributed by atoms with E-state index < -0.39 is 15.9 Å². The Morgan fingerprint density at radius 2 is 2.18 bits per heavy atom. The zero-order valence-electron chi connectivity index (χ0n) is 12.4. The summed E-state index contributed by atoms with van der Waals surface area (Å²) in [5.74, 6) is -0.0262. The lowest BCUT2D eigenvalue weighted by atomic mass is 10.2. The molecule has 1 aliphatic heterocycles. The van der Waals surface area contributed by atoms with Crippen molar-refractivity contribution in [2.45, 2.75) is 30.8 Å². The van der Waals surface area contributed by atoms with Crippen LogP contribution in [0.25, 0.3) is 0 Å². The zero-order chi connectivity index (χ0) is 15.7. The number of aromatic nitrogens is 1. The molecule has 1 atom stereocenters. The van der Waals surface area contributed by atoms with E-state index in [0.717, 1.165) is 12.8 Å². The van der Waals surface area contributed by atoms with Crippen molar-refractivity contribution in [3.05, 3.63) is 18.2 Å². The van der Waals surface area contributed by atoms with Crippen molar-refractivity contribution in [2.75, 3.05) is 24.7 Å². The Bertz CT molecular complexity index is 672. The third-order valence-corrected chi connectivity index (χ3v) is 5.08. The topological polar surface area (TPSA) is 88.6 Å². The SMILES string of the molecule is CC1COCCN1c1cccc(S(=O)(=O)NC(=O)C2CC2)n1. The molecular weight excluding hydrogens is 306 g/mol. The molecule has 1 saturated heterocycles. The second-order valence-corrected chi connectivity index (χ2v) is 7.32. The van der Waals surface area contributed by atoms with Gasteiger partial charge < -0.3 is 9.64 Å². The van der Waals surface area contributed by atoms with Gasteiger partial charge in [-0.15, -0.1) is 0 Å². The number of rotatable bonds is 4. The third kappa shape index (κ3) is 3.22. The average Bonchev–Trinajstić information content (AvgIpc) is 3.32. The van der Waals surface area contributed by atoms with Gasteiger partial charge in [0.25, 0.3) is 10.0 Å². The Balaban J connectivity index is 1.82. The highest BCUT2D eigenvalue weighted by Gasteiger charge is 2.33. The summed E-state index contributed by atoms with van der Waals surface area (Å²) in [6.45, 7) is 3.82. The van der Waals surface area contributed by atoms with E-state index in [1.165, 1.54) is 6.07 Å². The van der Waals surface area contributed by atoms with Gasteiger partial charge in [-0.2, -0.15) is 8.42 Å². The Morgan fingerprint density at radius 3 is 2.86 bits per heavy atom. The molecule has 1 amide bonds. The van der Waals surface area contributed by atoms with Crippen LogP contribution in [0.5, 0.6) is 0 Å². The molecule has 2 aliphatic rings. The number of sulfonamides is 1. The molecule has 0 radical (unpaired) electrons. The predicted molar refractivity (Wildman–Crippen MR) is 79.9 cm³/mol. The summed E-state index contributed by atoms with van der Waals surface area (Å²) in [4.78, 5) is 17.9. The normalized spacial score (nSPS) is 22.4. The van der Waals surface area contributed by atoms with Crippen LogP contribution in [0.4, 0.5) is 5.82 Å². The van der Waals surface area contributed by atoms with Crippen molar-refractivity contribution in [3.8, 4) is 0 Å². The number of carbonyl (C=O) groups excluding carboxylic acids is 1. The van der Waals surface area contributed by atoms with Crippen molar-refractivity contribution >= 4 is 21.7 Å². The van der Waals surface area contributed by atoms with Gasteiger partial charge in [-0.3, -0.25) is 4.79 Å². The standard InChI is InChI=1S/C14H19N3O4S/c1-10-9-21-8-7-17(10)12-3-2-4-13(15-12)22(19,20)16-14(18)11-5-6-11/h2-4,10-11H,5-9H2,1H3,(H,16,18). The lowest BCUT2D eigenvalue weighted by Crippen LogP contribution is -2.44. The number of ether oxygens (including phenoxy) is 1. The van der Waals surface area contributed by atoms with Crippen LogP contribution in [0.15, 0.2) is 23.2 Å². The Morgan fingerprint density at radius 1 is 1.41 bits per heavy atom. The molecule has 7 nitrogen and oxygen atoms in total. The van der Waals surface area contributed by atoms with Crippen molar-refractivity contribution in [1.82, 2.24) is 9.71 Å². The smallest absolute Gasteiger partial charge is 0.281 e. The molecule has 22 heavy (non-hydrogen) atoms. The van der Waals surface area contributed by atoms with Gasteiger partial charge in [0.05, 0.1) is 19.3 Å². The molecule has 120 valence electrons. The van der Waals surface area contributed by atoms with Crippen molar-refractivity contribution in [2.24, 2.45) is 5.92 Å². The van der Waals surface area contributed by atoms with Crippen LogP contribution in [-0.2, 0) is 19.6 Å². The van der Waals surface area contributed by atoms with Crippen molar-refractivity contribution < 1.29 is 17.9 Å². The average molecular weight is 325 g/mol. The summed E-state index contributed by atoms with van der Waals surface area (Å²) in [7, 11) is -3.91. The molecule has 1 aliphatic carbocycles. The summed E-state index contributed by atoms with van der Waals surface area (Å²) in [5, 5.41) is -0.127. The molecule has 1 N–H and O–H groups in total. The Labute approximate surface area is 129 Å². The second kappa shape index (κ2) is 5.85. The first-order valence-electron chi connectivity index (χ1n) is 7.35. The molecule has 1 aromatic rings. The van der Waals surface area contributed by atoms with E-state index in [4.69, 9.17) is 4.74 Å². The summed E-state index contributed by atoms with van der Waals surface area (Å²) >= 11 is 0. The maximum atomic E-state index is 12.3. The fourth-order valence-electron chi connectivity index (χ4n) is 2.39. The number of carbonyl (C=O) groups is 1. The van der Waals surface area contributed by atoms with E-state index in [9.17, 15) is 13.2 Å². The molecule has 1 unspecified atom stereocenters. The molecule has 3 rings (SSSR count). The summed E-state index contributed by atoms with van der Waals surface area (Å²) in [6.07, 6.45) is 1.50. The Kier molecular flexibility index (Phi) is 4.05. The number of anilines is 1. The number of nitrogens with zero attached hydrogens (tertiary/aromatic N) is 2. The van der Waals surface area contributed by atoms with Crippen LogP contribution in [0.1, 0.15) is 19.8 Å². The van der Waals surface area contributed by atoms with Crippen LogP contribution in [-0.4, -0.2) is 45.1 Å². The number of morpholine rings is 1. The second-order valence-electron chi connectivity index (χ2n) is 5.70. The van der Waals surface area contributed by atoms with Gasteiger partial charge in [0, 0.05) is 12.5 Å². The maximum Gasteiger partial charge on any atom is 0.281 e. The highest BCUT2D eigenvalue weighted by Crippen LogP contribution is 2.29. The van der Waals surface area contributed by atoms with Gasteiger partial charge in [0.15, 0.2) is 5.03 Å². The molecule has 2 heterocycles. The van der Waals surface area contributed by atoms with Crippen LogP contribution in [0.3, 0.4) is 0 Å². The van der Waals surface area contributed by atoms with Crippen molar-refractivity contribution in [3.63, 3.8) is 0 Å². The molecule has 0 spiro atoms. The molecule has 2 fully saturated rings. The van der Waals surface area contributed by atoms with E-state index in [1.807, 2.05) is 11.8 Å². The molecule has 0 bridgehead atoms. The first-order chi connectivity index (χ1) is 10.5. The van der Waals surface area contributed by atoms with E-state index in [0.29, 0.717) is 25.6 Å². The van der Waals surface area contributed by atoms with Gasteiger partial charge in [-0.1, -0.05) is 6.07 Å². The molecule has 8 heteroatoms. The minimum Gasteiger partial charge on any atom is -0.377 e. The number of amides is 1. The van der Waals surface area contributed by atoms with Gasteiger partial charge in [-0.25, -0.2) is 9.71 Å². The van der Waals surface area contributed by atoms with E-state index in [-0.39, 0.29) is 17.0 Å². The van der Waals surface area contributed by atoms with Crippen LogP contribution < -0.4 is 9.62 Å². The minimum atomic E-state index is -3.91. The fraction of sp³-hybridized carbons (Fsp3) is 0.571. The predicted octanol–water partition coefficient (Wildman–Crippen LogP) is 0.522. The first-order valence-corrected chi connectivity index (χ1v) is 8.84. The maximum absolute atomic E-state index is 12.3. The molecular formula is C14H19N3O4S. The quantitative estimate of drug-likeness (QED) is 0.868. The lowest BCUT2D eigenvalue weighted by molar-refractivity contribution is -0.120. The number of hydrogen-bond donors (Lipinski definition) is 1. The van der Waals surface area contributed by atoms with E-state index >= 15 is 0 Å². The zero-order valence-corrected chi connectivity index (χ0v) is 13.2.